The van der Waals surface area contributed by atoms with Crippen LogP contribution >= 0.6 is 0 Å². The van der Waals surface area contributed by atoms with E-state index < -0.39 is 66.3 Å². The summed E-state index contributed by atoms with van der Waals surface area (Å²) in [5.74, 6) is -5.35. The zero-order valence-electron chi connectivity index (χ0n) is 24.8. The van der Waals surface area contributed by atoms with E-state index in [0.29, 0.717) is 6.42 Å². The molecule has 0 bridgehead atoms. The van der Waals surface area contributed by atoms with E-state index in [1.54, 1.807) is 0 Å². The number of unbranched alkanes of at least 4 members (excludes halogenated alkanes) is 5. The fraction of sp³-hybridized carbons (Fsp3) is 0.607. The molecule has 44 heavy (non-hydrogen) atoms. The van der Waals surface area contributed by atoms with Gasteiger partial charge < -0.3 is 24.0 Å². The lowest BCUT2D eigenvalue weighted by molar-refractivity contribution is -0.138. The number of halogens is 5. The number of aliphatic imine (C=N–C) groups is 1. The third-order valence-corrected chi connectivity index (χ3v) is 6.38. The largest absolute Gasteiger partial charge is 0.493 e. The molecule has 0 aliphatic carbocycles. The molecule has 1 aliphatic rings. The molecule has 2 heterocycles. The van der Waals surface area contributed by atoms with Crippen LogP contribution in [-0.4, -0.2) is 63.0 Å². The highest BCUT2D eigenvalue weighted by molar-refractivity contribution is 5.98. The minimum atomic E-state index is -4.78. The maximum atomic E-state index is 14.6. The van der Waals surface area contributed by atoms with Gasteiger partial charge in [0.05, 0.1) is 18.7 Å². The number of amides is 2. The number of guanidine groups is 1. The molecule has 11 nitrogen and oxygen atoms in total. The molecule has 1 aromatic carbocycles. The van der Waals surface area contributed by atoms with Crippen molar-refractivity contribution in [2.24, 2.45) is 4.99 Å². The smallest absolute Gasteiger partial charge is 0.437 e. The number of carboxylic acid groups (broad SMARTS) is 1. The Bertz CT molecular complexity index is 1320. The minimum Gasteiger partial charge on any atom is -0.493 e. The number of nitrogens with zero attached hydrogens (tertiary/aromatic N) is 4. The van der Waals surface area contributed by atoms with Gasteiger partial charge in [0.15, 0.2) is 0 Å². The summed E-state index contributed by atoms with van der Waals surface area (Å²) in [5, 5.41) is 14.7. The molecular formula is C28H36F5N5O6. The van der Waals surface area contributed by atoms with Crippen LogP contribution < -0.4 is 10.1 Å². The first kappa shape index (κ1) is 34.5. The third kappa shape index (κ3) is 10.0. The monoisotopic (exact) mass is 633 g/mol. The van der Waals surface area contributed by atoms with Gasteiger partial charge in [-0.05, 0) is 45.4 Å². The first-order valence-corrected chi connectivity index (χ1v) is 14.1. The van der Waals surface area contributed by atoms with Gasteiger partial charge in [0.25, 0.3) is 5.92 Å². The molecule has 1 fully saturated rings. The number of likely N-dealkylation sites (tertiary alicyclic amines) is 1. The van der Waals surface area contributed by atoms with E-state index in [0.717, 1.165) is 49.1 Å². The molecular weight excluding hydrogens is 597 g/mol. The zero-order valence-corrected chi connectivity index (χ0v) is 24.8. The summed E-state index contributed by atoms with van der Waals surface area (Å²) in [4.78, 5) is 32.0. The number of carbonyl (C=O) groups excluding carboxylic acids is 1. The number of ether oxygens (including phenoxy) is 2. The molecule has 1 aromatic heterocycles. The van der Waals surface area contributed by atoms with Crippen molar-refractivity contribution in [1.29, 1.82) is 0 Å². The Morgan fingerprint density at radius 3 is 2.48 bits per heavy atom. The van der Waals surface area contributed by atoms with Gasteiger partial charge in [0.2, 0.25) is 17.7 Å². The molecule has 0 saturated carbocycles. The number of nitrogens with one attached hydrogen (secondary N) is 1. The van der Waals surface area contributed by atoms with Crippen molar-refractivity contribution in [3.63, 3.8) is 0 Å². The lowest BCUT2D eigenvalue weighted by atomic mass is 10.1. The molecule has 0 radical (unpaired) electrons. The Morgan fingerprint density at radius 1 is 1.16 bits per heavy atom. The van der Waals surface area contributed by atoms with E-state index in [1.165, 1.54) is 26.8 Å². The Hall–Kier alpha value is -3.98. The van der Waals surface area contributed by atoms with Gasteiger partial charge in [-0.15, -0.1) is 4.99 Å². The molecule has 0 spiro atoms. The first-order chi connectivity index (χ1) is 20.5. The van der Waals surface area contributed by atoms with Crippen LogP contribution in [0.3, 0.4) is 0 Å². The SMILES string of the molecule is CCCCCCCCOc1ccc(-c2noc(C3CC(F)(F)CN3C(=NC(=O)OC(C)(C)C)NC(=O)O)n2)cc1C(F)(F)F. The minimum absolute atomic E-state index is 0.101. The van der Waals surface area contributed by atoms with Crippen LogP contribution in [0.1, 0.15) is 90.1 Å². The van der Waals surface area contributed by atoms with Crippen LogP contribution in [-0.2, 0) is 10.9 Å². The van der Waals surface area contributed by atoms with Crippen molar-refractivity contribution in [3.05, 3.63) is 29.7 Å². The molecule has 244 valence electrons. The average molecular weight is 634 g/mol. The number of carbonyl (C=O) groups is 2. The summed E-state index contributed by atoms with van der Waals surface area (Å²) >= 11 is 0. The molecule has 2 amide bonds. The molecule has 1 atom stereocenters. The number of benzene rings is 1. The summed E-state index contributed by atoms with van der Waals surface area (Å²) in [6.45, 7) is 5.68. The van der Waals surface area contributed by atoms with Gasteiger partial charge in [0, 0.05) is 12.0 Å². The van der Waals surface area contributed by atoms with Crippen LogP contribution in [0.15, 0.2) is 27.7 Å². The van der Waals surface area contributed by atoms with E-state index in [9.17, 15) is 36.6 Å². The van der Waals surface area contributed by atoms with Crippen LogP contribution in [0.2, 0.25) is 0 Å². The second-order valence-corrected chi connectivity index (χ2v) is 11.3. The van der Waals surface area contributed by atoms with E-state index in [4.69, 9.17) is 14.0 Å². The summed E-state index contributed by atoms with van der Waals surface area (Å²) in [5.41, 5.74) is -2.21. The molecule has 1 unspecified atom stereocenters. The Kier molecular flexibility index (Phi) is 11.1. The quantitative estimate of drug-likeness (QED) is 0.118. The summed E-state index contributed by atoms with van der Waals surface area (Å²) in [6, 6.07) is 1.70. The second-order valence-electron chi connectivity index (χ2n) is 11.3. The number of rotatable bonds is 10. The van der Waals surface area contributed by atoms with Gasteiger partial charge in [-0.25, -0.2) is 18.4 Å². The van der Waals surface area contributed by atoms with Crippen LogP contribution in [0.25, 0.3) is 11.4 Å². The van der Waals surface area contributed by atoms with Gasteiger partial charge in [-0.3, -0.25) is 5.32 Å². The van der Waals surface area contributed by atoms with Crippen LogP contribution in [0.4, 0.5) is 31.5 Å². The highest BCUT2D eigenvalue weighted by Gasteiger charge is 2.50. The summed E-state index contributed by atoms with van der Waals surface area (Å²) < 4.78 is 86.5. The second kappa shape index (κ2) is 14.2. The van der Waals surface area contributed by atoms with Gasteiger partial charge in [-0.1, -0.05) is 44.2 Å². The van der Waals surface area contributed by atoms with Crippen molar-refractivity contribution < 1.29 is 50.6 Å². The molecule has 16 heteroatoms. The van der Waals surface area contributed by atoms with E-state index in [1.807, 2.05) is 5.32 Å². The lowest BCUT2D eigenvalue weighted by Crippen LogP contribution is -2.45. The Morgan fingerprint density at radius 2 is 1.84 bits per heavy atom. The summed E-state index contributed by atoms with van der Waals surface area (Å²) in [7, 11) is 0. The van der Waals surface area contributed by atoms with Gasteiger partial charge >= 0.3 is 18.4 Å². The highest BCUT2D eigenvalue weighted by Crippen LogP contribution is 2.42. The predicted octanol–water partition coefficient (Wildman–Crippen LogP) is 7.44. The standard InChI is InChI=1S/C28H36F5N5O6/c1-5-6-7-8-9-10-13-42-20-12-11-17(14-18(20)28(31,32)33)21-34-22(44-37-21)19-15-27(29,30)16-38(19)23(35-24(39)40)36-25(41)43-26(2,3)4/h11-12,14,19H,5-10,13,15-16H2,1-4H3,(H,39,40)(H,35,36,41). The number of aromatic nitrogens is 2. The molecule has 1 saturated heterocycles. The van der Waals surface area contributed by atoms with E-state index in [-0.39, 0.29) is 23.7 Å². The number of alkyl halides is 5. The van der Waals surface area contributed by atoms with Crippen molar-refractivity contribution >= 4 is 18.1 Å². The molecule has 3 rings (SSSR count). The van der Waals surface area contributed by atoms with Crippen molar-refractivity contribution in [3.8, 4) is 17.1 Å². The van der Waals surface area contributed by atoms with Gasteiger partial charge in [0.1, 0.15) is 17.4 Å². The number of hydrogen-bond acceptors (Lipinski definition) is 7. The lowest BCUT2D eigenvalue weighted by Gasteiger charge is -2.24. The normalized spacial score (nSPS) is 17.1. The van der Waals surface area contributed by atoms with Crippen LogP contribution in [0.5, 0.6) is 5.75 Å². The topological polar surface area (TPSA) is 139 Å². The first-order valence-electron chi connectivity index (χ1n) is 14.1. The predicted molar refractivity (Wildman–Crippen MR) is 147 cm³/mol. The maximum Gasteiger partial charge on any atom is 0.437 e. The Balaban J connectivity index is 1.86. The third-order valence-electron chi connectivity index (χ3n) is 6.38. The molecule has 2 N–H and O–H groups in total. The highest BCUT2D eigenvalue weighted by atomic mass is 19.4. The zero-order chi connectivity index (χ0) is 32.7. The summed E-state index contributed by atoms with van der Waals surface area (Å²) in [6.07, 6.45) is -3.06. The fourth-order valence-electron chi connectivity index (χ4n) is 4.46. The van der Waals surface area contributed by atoms with E-state index in [2.05, 4.69) is 22.1 Å². The molecule has 1 aliphatic heterocycles. The van der Waals surface area contributed by atoms with Crippen molar-refractivity contribution in [1.82, 2.24) is 20.4 Å². The van der Waals surface area contributed by atoms with Crippen LogP contribution in [0, 0.1) is 0 Å². The van der Waals surface area contributed by atoms with Gasteiger partial charge in [-0.2, -0.15) is 18.2 Å². The fourth-order valence-corrected chi connectivity index (χ4v) is 4.46. The van der Waals surface area contributed by atoms with E-state index >= 15 is 0 Å². The van der Waals surface area contributed by atoms with Crippen molar-refractivity contribution in [2.45, 2.75) is 96.4 Å². The number of hydrogen-bond donors (Lipinski definition) is 2. The Labute approximate surface area is 250 Å². The molecule has 2 aromatic rings. The maximum absolute atomic E-state index is 14.6. The van der Waals surface area contributed by atoms with Crippen molar-refractivity contribution in [2.75, 3.05) is 13.2 Å². The average Bonchev–Trinajstić information content (AvgIpc) is 3.50.